The van der Waals surface area contributed by atoms with Crippen molar-refractivity contribution in [3.63, 3.8) is 0 Å². The van der Waals surface area contributed by atoms with Crippen LogP contribution in [0.2, 0.25) is 0 Å². The van der Waals surface area contributed by atoms with E-state index < -0.39 is 0 Å². The maximum absolute atomic E-state index is 5.01. The second-order valence-electron chi connectivity index (χ2n) is 10.3. The molecule has 0 aliphatic heterocycles. The van der Waals surface area contributed by atoms with Crippen LogP contribution in [0.3, 0.4) is 0 Å². The number of para-hydroxylation sites is 1. The lowest BCUT2D eigenvalue weighted by Crippen LogP contribution is -1.97. The van der Waals surface area contributed by atoms with Crippen molar-refractivity contribution >= 4 is 32.6 Å². The van der Waals surface area contributed by atoms with E-state index in [1.807, 2.05) is 36.4 Å². The highest BCUT2D eigenvalue weighted by molar-refractivity contribution is 6.18. The van der Waals surface area contributed by atoms with Gasteiger partial charge in [0.2, 0.25) is 0 Å². The minimum absolute atomic E-state index is 0.722. The summed E-state index contributed by atoms with van der Waals surface area (Å²) >= 11 is 0. The number of hydrogen-bond acceptors (Lipinski definition) is 2. The molecule has 0 saturated carbocycles. The zero-order valence-electron chi connectivity index (χ0n) is 22.3. The zero-order chi connectivity index (χ0) is 27.2. The van der Waals surface area contributed by atoms with Gasteiger partial charge in [0, 0.05) is 38.5 Å². The molecule has 0 radical (unpaired) electrons. The molecule has 2 aromatic heterocycles. The van der Waals surface area contributed by atoms with Crippen LogP contribution in [0, 0.1) is 0 Å². The molecule has 192 valence electrons. The van der Waals surface area contributed by atoms with E-state index >= 15 is 0 Å². The van der Waals surface area contributed by atoms with Gasteiger partial charge in [-0.1, -0.05) is 127 Å². The molecule has 0 saturated heterocycles. The molecule has 6 aromatic carbocycles. The van der Waals surface area contributed by atoms with E-state index in [0.717, 1.165) is 39.6 Å². The fourth-order valence-electron chi connectivity index (χ4n) is 5.85. The van der Waals surface area contributed by atoms with Crippen LogP contribution in [0.25, 0.3) is 72.2 Å². The van der Waals surface area contributed by atoms with E-state index in [4.69, 9.17) is 9.97 Å². The predicted molar refractivity (Wildman–Crippen MR) is 170 cm³/mol. The molecule has 41 heavy (non-hydrogen) atoms. The fraction of sp³-hybridized carbons (Fsp3) is 0. The van der Waals surface area contributed by atoms with Crippen LogP contribution >= 0.6 is 0 Å². The average Bonchev–Trinajstić information content (AvgIpc) is 3.40. The van der Waals surface area contributed by atoms with Gasteiger partial charge >= 0.3 is 0 Å². The predicted octanol–water partition coefficient (Wildman–Crippen LogP) is 9.73. The van der Waals surface area contributed by atoms with Gasteiger partial charge in [0.05, 0.1) is 22.4 Å². The largest absolute Gasteiger partial charge is 0.309 e. The average molecular weight is 524 g/mol. The number of benzene rings is 6. The van der Waals surface area contributed by atoms with Crippen molar-refractivity contribution in [2.45, 2.75) is 0 Å². The number of aromatic nitrogens is 3. The van der Waals surface area contributed by atoms with E-state index in [2.05, 4.69) is 120 Å². The van der Waals surface area contributed by atoms with Crippen molar-refractivity contribution in [3.05, 3.63) is 152 Å². The van der Waals surface area contributed by atoms with Crippen molar-refractivity contribution in [1.82, 2.24) is 14.5 Å². The molecule has 0 unspecified atom stereocenters. The van der Waals surface area contributed by atoms with Crippen molar-refractivity contribution in [2.75, 3.05) is 0 Å². The lowest BCUT2D eigenvalue weighted by atomic mass is 10.1. The summed E-state index contributed by atoms with van der Waals surface area (Å²) in [6, 6.07) is 53.1. The molecule has 0 amide bonds. The normalized spacial score (nSPS) is 11.4. The molecule has 0 spiro atoms. The Morgan fingerprint density at radius 3 is 1.73 bits per heavy atom. The molecule has 3 heteroatoms. The van der Waals surface area contributed by atoms with Gasteiger partial charge in [-0.15, -0.1) is 0 Å². The Hall–Kier alpha value is -5.54. The summed E-state index contributed by atoms with van der Waals surface area (Å²) in [7, 11) is 0. The first-order chi connectivity index (χ1) is 20.3. The molecule has 0 N–H and O–H groups in total. The van der Waals surface area contributed by atoms with Crippen molar-refractivity contribution in [3.8, 4) is 39.6 Å². The molecule has 2 heterocycles. The van der Waals surface area contributed by atoms with E-state index in [0.29, 0.717) is 0 Å². The highest BCUT2D eigenvalue weighted by Gasteiger charge is 2.15. The minimum atomic E-state index is 0.722. The van der Waals surface area contributed by atoms with Crippen LogP contribution in [0.4, 0.5) is 0 Å². The maximum Gasteiger partial charge on any atom is 0.160 e. The quantitative estimate of drug-likeness (QED) is 0.230. The lowest BCUT2D eigenvalue weighted by molar-refractivity contribution is 1.17. The minimum Gasteiger partial charge on any atom is -0.309 e. The Bertz CT molecular complexity index is 2120. The Morgan fingerprint density at radius 1 is 0.415 bits per heavy atom. The van der Waals surface area contributed by atoms with Crippen LogP contribution in [0.5, 0.6) is 0 Å². The van der Waals surface area contributed by atoms with Crippen LogP contribution in [-0.4, -0.2) is 14.5 Å². The van der Waals surface area contributed by atoms with Crippen LogP contribution in [0.1, 0.15) is 0 Å². The summed E-state index contributed by atoms with van der Waals surface area (Å²) < 4.78 is 2.39. The van der Waals surface area contributed by atoms with Crippen molar-refractivity contribution in [1.29, 1.82) is 0 Å². The van der Waals surface area contributed by atoms with Crippen molar-refractivity contribution < 1.29 is 0 Å². The van der Waals surface area contributed by atoms with Gasteiger partial charge in [-0.2, -0.15) is 0 Å². The summed E-state index contributed by atoms with van der Waals surface area (Å²) in [6.45, 7) is 0. The van der Waals surface area contributed by atoms with Gasteiger partial charge in [0.1, 0.15) is 0 Å². The fourth-order valence-corrected chi connectivity index (χ4v) is 5.85. The summed E-state index contributed by atoms with van der Waals surface area (Å²) in [6.07, 6.45) is 0. The Balaban J connectivity index is 1.31. The smallest absolute Gasteiger partial charge is 0.160 e. The standard InChI is InChI=1S/C38H25N3/c1-3-12-27(13-4-1)34-25-35(40-38(39-34)29-14-5-2-6-15-29)28-19-22-30(23-20-28)41-36-18-10-9-17-32(36)33-24-21-26-11-7-8-16-31(26)37(33)41/h1-25H. The number of nitrogens with zero attached hydrogens (tertiary/aromatic N) is 3. The van der Waals surface area contributed by atoms with Gasteiger partial charge in [-0.3, -0.25) is 0 Å². The number of rotatable bonds is 4. The highest BCUT2D eigenvalue weighted by Crippen LogP contribution is 2.37. The monoisotopic (exact) mass is 523 g/mol. The summed E-state index contributed by atoms with van der Waals surface area (Å²) in [5, 5.41) is 5.01. The Morgan fingerprint density at radius 2 is 1.00 bits per heavy atom. The topological polar surface area (TPSA) is 30.7 Å². The Kier molecular flexibility index (Phi) is 5.46. The molecule has 0 aliphatic rings. The van der Waals surface area contributed by atoms with E-state index in [1.165, 1.54) is 32.6 Å². The first-order valence-corrected chi connectivity index (χ1v) is 13.9. The van der Waals surface area contributed by atoms with Gasteiger partial charge in [-0.25, -0.2) is 9.97 Å². The van der Waals surface area contributed by atoms with E-state index in [9.17, 15) is 0 Å². The maximum atomic E-state index is 5.01. The van der Waals surface area contributed by atoms with E-state index in [1.54, 1.807) is 0 Å². The molecular formula is C38H25N3. The molecule has 0 aliphatic carbocycles. The number of hydrogen-bond donors (Lipinski definition) is 0. The molecule has 0 fully saturated rings. The van der Waals surface area contributed by atoms with Crippen LogP contribution < -0.4 is 0 Å². The lowest BCUT2D eigenvalue weighted by Gasteiger charge is -2.12. The van der Waals surface area contributed by atoms with Gasteiger partial charge in [0.15, 0.2) is 5.82 Å². The third kappa shape index (κ3) is 3.98. The van der Waals surface area contributed by atoms with Gasteiger partial charge in [-0.05, 0) is 29.7 Å². The second-order valence-corrected chi connectivity index (χ2v) is 10.3. The third-order valence-electron chi connectivity index (χ3n) is 7.81. The molecule has 0 atom stereocenters. The molecule has 0 bridgehead atoms. The first-order valence-electron chi connectivity index (χ1n) is 13.9. The van der Waals surface area contributed by atoms with Crippen LogP contribution in [-0.2, 0) is 0 Å². The second kappa shape index (κ2) is 9.58. The SMILES string of the molecule is c1ccc(-c2cc(-c3ccc(-n4c5ccccc5c5ccc6ccccc6c54)cc3)nc(-c3ccccc3)n2)cc1. The van der Waals surface area contributed by atoms with Crippen LogP contribution in [0.15, 0.2) is 152 Å². The highest BCUT2D eigenvalue weighted by atomic mass is 15.0. The summed E-state index contributed by atoms with van der Waals surface area (Å²) in [5.41, 5.74) is 8.49. The zero-order valence-corrected chi connectivity index (χ0v) is 22.3. The molecule has 3 nitrogen and oxygen atoms in total. The molecular weight excluding hydrogens is 498 g/mol. The molecule has 8 aromatic rings. The van der Waals surface area contributed by atoms with Crippen molar-refractivity contribution in [2.24, 2.45) is 0 Å². The summed E-state index contributed by atoms with van der Waals surface area (Å²) in [4.78, 5) is 9.95. The molecule has 8 rings (SSSR count). The van der Waals surface area contributed by atoms with E-state index in [-0.39, 0.29) is 0 Å². The summed E-state index contributed by atoms with van der Waals surface area (Å²) in [5.74, 6) is 0.722. The first kappa shape index (κ1) is 23.4. The number of fused-ring (bicyclic) bond motifs is 5. The van der Waals surface area contributed by atoms with Gasteiger partial charge < -0.3 is 4.57 Å². The van der Waals surface area contributed by atoms with Gasteiger partial charge in [0.25, 0.3) is 0 Å². The Labute approximate surface area is 238 Å². The third-order valence-corrected chi connectivity index (χ3v) is 7.81.